The first kappa shape index (κ1) is 13.7. The van der Waals surface area contributed by atoms with Crippen LogP contribution in [0.3, 0.4) is 0 Å². The van der Waals surface area contributed by atoms with Crippen LogP contribution in [0.15, 0.2) is 0 Å². The van der Waals surface area contributed by atoms with Gasteiger partial charge in [-0.25, -0.2) is 4.79 Å². The number of carboxylic acid groups (broad SMARTS) is 1. The van der Waals surface area contributed by atoms with Gasteiger partial charge >= 0.3 is 11.8 Å². The minimum atomic E-state index is -1.83. The molecule has 7 nitrogen and oxygen atoms in total. The van der Waals surface area contributed by atoms with Gasteiger partial charge in [-0.05, 0) is 13.8 Å². The fourth-order valence-electron chi connectivity index (χ4n) is 2.48. The summed E-state index contributed by atoms with van der Waals surface area (Å²) in [5.74, 6) is -4.08. The highest BCUT2D eigenvalue weighted by molar-refractivity contribution is 5.77. The summed E-state index contributed by atoms with van der Waals surface area (Å²) in [4.78, 5) is 11.5. The number of aliphatic carboxylic acids is 1. The maximum Gasteiger partial charge on any atom is 0.367 e. The van der Waals surface area contributed by atoms with Crippen LogP contribution in [0.25, 0.3) is 0 Å². The normalized spacial score (nSPS) is 41.9. The van der Waals surface area contributed by atoms with E-state index in [1.165, 1.54) is 14.2 Å². The van der Waals surface area contributed by atoms with E-state index in [-0.39, 0.29) is 6.61 Å². The second-order valence-electron chi connectivity index (χ2n) is 4.82. The molecule has 2 heterocycles. The minimum absolute atomic E-state index is 0.206. The lowest BCUT2D eigenvalue weighted by Crippen LogP contribution is -2.48. The van der Waals surface area contributed by atoms with Crippen molar-refractivity contribution in [1.82, 2.24) is 0 Å². The summed E-state index contributed by atoms with van der Waals surface area (Å²) in [6.45, 7) is 3.48. The zero-order valence-electron chi connectivity index (χ0n) is 10.8. The van der Waals surface area contributed by atoms with E-state index in [4.69, 9.17) is 23.7 Å². The number of rotatable bonds is 4. The molecule has 0 spiro atoms. The molecule has 2 aliphatic heterocycles. The van der Waals surface area contributed by atoms with Crippen molar-refractivity contribution in [3.05, 3.63) is 0 Å². The molecule has 0 radical (unpaired) electrons. The Kier molecular flexibility index (Phi) is 3.37. The summed E-state index contributed by atoms with van der Waals surface area (Å²) in [7, 11) is 2.98. The van der Waals surface area contributed by atoms with Crippen molar-refractivity contribution in [2.45, 2.75) is 43.7 Å². The largest absolute Gasteiger partial charge is 0.477 e. The number of ether oxygens (including phenoxy) is 5. The first-order valence-electron chi connectivity index (χ1n) is 5.67. The van der Waals surface area contributed by atoms with Crippen molar-refractivity contribution >= 4 is 5.97 Å². The third kappa shape index (κ3) is 1.92. The molecule has 0 unspecified atom stereocenters. The highest BCUT2D eigenvalue weighted by Gasteiger charge is 2.69. The summed E-state index contributed by atoms with van der Waals surface area (Å²) in [5, 5.41) is 9.38. The molecule has 0 aromatic rings. The van der Waals surface area contributed by atoms with E-state index in [2.05, 4.69) is 0 Å². The summed E-state index contributed by atoms with van der Waals surface area (Å²) >= 11 is 0. The predicted molar refractivity (Wildman–Crippen MR) is 57.9 cm³/mol. The molecule has 1 N–H and O–H groups in total. The Balaban J connectivity index is 2.31. The molecule has 0 aliphatic carbocycles. The maximum atomic E-state index is 11.5. The molecule has 7 heteroatoms. The summed E-state index contributed by atoms with van der Waals surface area (Å²) in [5.41, 5.74) is 0. The zero-order valence-corrected chi connectivity index (χ0v) is 10.8. The fraction of sp³-hybridized carbons (Fsp3) is 0.909. The Morgan fingerprint density at radius 2 is 2.00 bits per heavy atom. The Morgan fingerprint density at radius 3 is 2.50 bits per heavy atom. The van der Waals surface area contributed by atoms with Crippen LogP contribution in [-0.4, -0.2) is 61.8 Å². The molecule has 0 aromatic carbocycles. The maximum absolute atomic E-state index is 11.5. The van der Waals surface area contributed by atoms with Gasteiger partial charge in [-0.2, -0.15) is 0 Å². The molecule has 0 aromatic heterocycles. The molecule has 104 valence electrons. The molecule has 4 atom stereocenters. The number of carbonyl (C=O) groups is 1. The molecule has 2 fully saturated rings. The van der Waals surface area contributed by atoms with Gasteiger partial charge in [0, 0.05) is 14.2 Å². The molecular weight excluding hydrogens is 244 g/mol. The topological polar surface area (TPSA) is 83.5 Å². The van der Waals surface area contributed by atoms with Gasteiger partial charge in [-0.15, -0.1) is 0 Å². The van der Waals surface area contributed by atoms with Crippen LogP contribution in [0.4, 0.5) is 0 Å². The molecule has 0 bridgehead atoms. The van der Waals surface area contributed by atoms with Gasteiger partial charge < -0.3 is 28.8 Å². The van der Waals surface area contributed by atoms with E-state index in [0.29, 0.717) is 0 Å². The zero-order chi connectivity index (χ0) is 13.6. The van der Waals surface area contributed by atoms with E-state index in [1.54, 1.807) is 13.8 Å². The molecular formula is C11H18O7. The average Bonchev–Trinajstić information content (AvgIpc) is 2.66. The van der Waals surface area contributed by atoms with Crippen LogP contribution in [0.1, 0.15) is 13.8 Å². The molecule has 0 saturated carbocycles. The van der Waals surface area contributed by atoms with Crippen molar-refractivity contribution < 1.29 is 33.6 Å². The van der Waals surface area contributed by atoms with E-state index < -0.39 is 35.9 Å². The lowest BCUT2D eigenvalue weighted by molar-refractivity contribution is -0.266. The van der Waals surface area contributed by atoms with Crippen LogP contribution in [0.5, 0.6) is 0 Å². The molecule has 2 aliphatic rings. The lowest BCUT2D eigenvalue weighted by atomic mass is 10.1. The van der Waals surface area contributed by atoms with Gasteiger partial charge in [0.25, 0.3) is 0 Å². The number of carboxylic acids is 1. The average molecular weight is 262 g/mol. The van der Waals surface area contributed by atoms with Crippen LogP contribution in [-0.2, 0) is 28.5 Å². The van der Waals surface area contributed by atoms with Crippen molar-refractivity contribution in [1.29, 1.82) is 0 Å². The lowest BCUT2D eigenvalue weighted by Gasteiger charge is -2.25. The number of hydrogen-bond acceptors (Lipinski definition) is 6. The van der Waals surface area contributed by atoms with E-state index >= 15 is 0 Å². The summed E-state index contributed by atoms with van der Waals surface area (Å²) in [6.07, 6.45) is -1.92. The van der Waals surface area contributed by atoms with Crippen LogP contribution < -0.4 is 0 Å². The minimum Gasteiger partial charge on any atom is -0.477 e. The van der Waals surface area contributed by atoms with Crippen LogP contribution in [0, 0.1) is 0 Å². The fourth-order valence-corrected chi connectivity index (χ4v) is 2.48. The second kappa shape index (κ2) is 4.43. The third-order valence-electron chi connectivity index (χ3n) is 3.08. The SMILES string of the molecule is COC[C@@H]1O[C@]2(C(=O)O)OC(C)(C)O[C@H]2[C@@H]1OC. The number of hydrogen-bond donors (Lipinski definition) is 1. The highest BCUT2D eigenvalue weighted by Crippen LogP contribution is 2.46. The van der Waals surface area contributed by atoms with Gasteiger partial charge in [0.05, 0.1) is 6.61 Å². The Morgan fingerprint density at radius 1 is 1.33 bits per heavy atom. The molecule has 2 rings (SSSR count). The van der Waals surface area contributed by atoms with E-state index in [9.17, 15) is 9.90 Å². The smallest absolute Gasteiger partial charge is 0.367 e. The monoisotopic (exact) mass is 262 g/mol. The number of fused-ring (bicyclic) bond motifs is 1. The first-order valence-corrected chi connectivity index (χ1v) is 5.67. The van der Waals surface area contributed by atoms with Crippen molar-refractivity contribution in [2.75, 3.05) is 20.8 Å². The quantitative estimate of drug-likeness (QED) is 0.762. The first-order chi connectivity index (χ1) is 8.36. The van der Waals surface area contributed by atoms with Gasteiger partial charge in [0.15, 0.2) is 11.9 Å². The second-order valence-corrected chi connectivity index (χ2v) is 4.82. The van der Waals surface area contributed by atoms with Gasteiger partial charge in [0.1, 0.15) is 12.2 Å². The molecule has 0 amide bonds. The van der Waals surface area contributed by atoms with Crippen LogP contribution in [0.2, 0.25) is 0 Å². The molecule has 2 saturated heterocycles. The highest BCUT2D eigenvalue weighted by atomic mass is 16.9. The van der Waals surface area contributed by atoms with Crippen molar-refractivity contribution in [2.24, 2.45) is 0 Å². The number of methoxy groups -OCH3 is 2. The van der Waals surface area contributed by atoms with Gasteiger partial charge in [-0.3, -0.25) is 0 Å². The van der Waals surface area contributed by atoms with Crippen molar-refractivity contribution in [3.8, 4) is 0 Å². The van der Waals surface area contributed by atoms with Gasteiger partial charge in [0.2, 0.25) is 0 Å². The predicted octanol–water partition coefficient (Wildman–Crippen LogP) is -0.0210. The Hall–Kier alpha value is -0.730. The summed E-state index contributed by atoms with van der Waals surface area (Å²) < 4.78 is 26.9. The van der Waals surface area contributed by atoms with E-state index in [1.807, 2.05) is 0 Å². The Bertz CT molecular complexity index is 342. The standard InChI is InChI=1S/C11H18O7/c1-10(2)17-8-7(15-4)6(5-14-3)16-11(8,18-10)9(12)13/h6-8H,5H2,1-4H3,(H,12,13)/t6-,7+,8-,11-/m0/s1. The molecule has 18 heavy (non-hydrogen) atoms. The van der Waals surface area contributed by atoms with Crippen molar-refractivity contribution in [3.63, 3.8) is 0 Å². The summed E-state index contributed by atoms with van der Waals surface area (Å²) in [6, 6.07) is 0. The van der Waals surface area contributed by atoms with E-state index in [0.717, 1.165) is 0 Å². The third-order valence-corrected chi connectivity index (χ3v) is 3.08. The Labute approximate surface area is 105 Å². The van der Waals surface area contributed by atoms with Gasteiger partial charge in [-0.1, -0.05) is 0 Å². The van der Waals surface area contributed by atoms with Crippen LogP contribution >= 0.6 is 0 Å².